The van der Waals surface area contributed by atoms with Crippen molar-refractivity contribution in [3.8, 4) is 28.6 Å². The van der Waals surface area contributed by atoms with Gasteiger partial charge < -0.3 is 9.47 Å². The number of benzene rings is 2. The SMILES string of the molecule is C/C=C\C(C(=O)Cn1c(=O)c2cc(CC(F)(F)F)sc2n(Cc2c(F)cc(-c3ccccc3-c3noc(OC)n3)cc2F)c1=O)=C(/C)OC. The van der Waals surface area contributed by atoms with E-state index in [1.54, 1.807) is 31.2 Å². The Labute approximate surface area is 278 Å². The topological polar surface area (TPSA) is 118 Å². The van der Waals surface area contributed by atoms with Gasteiger partial charge in [-0.15, -0.1) is 11.3 Å². The van der Waals surface area contributed by atoms with Crippen molar-refractivity contribution < 1.29 is 40.7 Å². The second-order valence-corrected chi connectivity index (χ2v) is 11.7. The van der Waals surface area contributed by atoms with Crippen LogP contribution in [0, 0.1) is 11.6 Å². The molecular weight excluding hydrogens is 675 g/mol. The molecule has 10 nitrogen and oxygen atoms in total. The molecule has 0 aliphatic rings. The lowest BCUT2D eigenvalue weighted by Crippen LogP contribution is -2.41. The Morgan fingerprint density at radius 3 is 2.31 bits per heavy atom. The van der Waals surface area contributed by atoms with Crippen molar-refractivity contribution in [1.82, 2.24) is 19.3 Å². The van der Waals surface area contributed by atoms with Crippen LogP contribution in [-0.2, 0) is 29.0 Å². The van der Waals surface area contributed by atoms with Crippen LogP contribution >= 0.6 is 11.3 Å². The average molecular weight is 703 g/mol. The molecule has 0 N–H and O–H groups in total. The molecule has 0 fully saturated rings. The number of alkyl halides is 3. The molecule has 49 heavy (non-hydrogen) atoms. The second-order valence-electron chi connectivity index (χ2n) is 10.6. The number of nitrogens with zero attached hydrogens (tertiary/aromatic N) is 4. The molecular formula is C33H27F5N4O6S. The number of aromatic nitrogens is 4. The lowest BCUT2D eigenvalue weighted by molar-refractivity contribution is -0.126. The minimum atomic E-state index is -4.65. The van der Waals surface area contributed by atoms with Crippen LogP contribution in [0.15, 0.2) is 80.1 Å². The van der Waals surface area contributed by atoms with Crippen molar-refractivity contribution in [2.24, 2.45) is 0 Å². The number of ketones is 1. The van der Waals surface area contributed by atoms with Crippen molar-refractivity contribution >= 4 is 27.3 Å². The van der Waals surface area contributed by atoms with Gasteiger partial charge in [-0.2, -0.15) is 18.2 Å². The highest BCUT2D eigenvalue weighted by Crippen LogP contribution is 2.34. The van der Waals surface area contributed by atoms with Crippen LogP contribution in [0.25, 0.3) is 32.7 Å². The first-order chi connectivity index (χ1) is 23.3. The van der Waals surface area contributed by atoms with Gasteiger partial charge in [0, 0.05) is 16.0 Å². The molecule has 0 bridgehead atoms. The number of Topliss-reactive ketones (excluding diaryl/α,β-unsaturated/α-hetero) is 1. The van der Waals surface area contributed by atoms with Gasteiger partial charge in [-0.05, 0) is 43.2 Å². The second kappa shape index (κ2) is 14.0. The molecule has 0 spiro atoms. The summed E-state index contributed by atoms with van der Waals surface area (Å²) in [6.07, 6.45) is -3.25. The molecule has 256 valence electrons. The van der Waals surface area contributed by atoms with Crippen LogP contribution in [0.1, 0.15) is 24.3 Å². The smallest absolute Gasteiger partial charge is 0.417 e. The molecule has 0 radical (unpaired) electrons. The summed E-state index contributed by atoms with van der Waals surface area (Å²) < 4.78 is 88.0. The van der Waals surface area contributed by atoms with Crippen LogP contribution < -0.4 is 16.0 Å². The summed E-state index contributed by atoms with van der Waals surface area (Å²) in [5, 5.41) is 3.50. The number of carbonyl (C=O) groups excluding carboxylic acids is 1. The number of methoxy groups -OCH3 is 2. The third-order valence-electron chi connectivity index (χ3n) is 7.46. The van der Waals surface area contributed by atoms with Gasteiger partial charge >= 0.3 is 17.9 Å². The van der Waals surface area contributed by atoms with Gasteiger partial charge in [0.05, 0.1) is 44.7 Å². The molecule has 0 amide bonds. The number of fused-ring (bicyclic) bond motifs is 1. The average Bonchev–Trinajstić information content (AvgIpc) is 3.71. The predicted octanol–water partition coefficient (Wildman–Crippen LogP) is 6.45. The maximum Gasteiger partial charge on any atom is 0.417 e. The maximum absolute atomic E-state index is 15.8. The fourth-order valence-electron chi connectivity index (χ4n) is 5.12. The van der Waals surface area contributed by atoms with E-state index >= 15 is 8.78 Å². The molecule has 0 saturated heterocycles. The van der Waals surface area contributed by atoms with E-state index in [4.69, 9.17) is 14.0 Å². The first kappa shape index (κ1) is 34.9. The fourth-order valence-corrected chi connectivity index (χ4v) is 6.29. The maximum atomic E-state index is 15.8. The lowest BCUT2D eigenvalue weighted by atomic mass is 9.97. The Morgan fingerprint density at radius 1 is 1.04 bits per heavy atom. The minimum absolute atomic E-state index is 0.0400. The zero-order valence-corrected chi connectivity index (χ0v) is 27.2. The Bertz CT molecular complexity index is 2220. The number of rotatable bonds is 11. The molecule has 5 aromatic rings. The summed E-state index contributed by atoms with van der Waals surface area (Å²) >= 11 is 0.490. The van der Waals surface area contributed by atoms with E-state index < -0.39 is 59.9 Å². The van der Waals surface area contributed by atoms with Crippen molar-refractivity contribution in [3.05, 3.63) is 109 Å². The molecule has 0 unspecified atom stereocenters. The summed E-state index contributed by atoms with van der Waals surface area (Å²) in [4.78, 5) is 44.1. The van der Waals surface area contributed by atoms with E-state index in [2.05, 4.69) is 10.1 Å². The van der Waals surface area contributed by atoms with Gasteiger partial charge in [-0.1, -0.05) is 41.6 Å². The van der Waals surface area contributed by atoms with Crippen molar-refractivity contribution in [2.75, 3.05) is 14.2 Å². The van der Waals surface area contributed by atoms with E-state index in [-0.39, 0.29) is 43.9 Å². The third-order valence-corrected chi connectivity index (χ3v) is 8.62. The van der Waals surface area contributed by atoms with Gasteiger partial charge in [-0.3, -0.25) is 23.2 Å². The number of thiophene rings is 1. The summed E-state index contributed by atoms with van der Waals surface area (Å²) in [6.45, 7) is 1.49. The van der Waals surface area contributed by atoms with Crippen LogP contribution in [0.2, 0.25) is 0 Å². The van der Waals surface area contributed by atoms with Crippen LogP contribution in [0.4, 0.5) is 22.0 Å². The molecule has 3 heterocycles. The normalized spacial score (nSPS) is 12.5. The molecule has 16 heteroatoms. The van der Waals surface area contributed by atoms with Crippen molar-refractivity contribution in [2.45, 2.75) is 39.5 Å². The van der Waals surface area contributed by atoms with Gasteiger partial charge in [0.15, 0.2) is 5.78 Å². The zero-order chi connectivity index (χ0) is 35.6. The lowest BCUT2D eigenvalue weighted by Gasteiger charge is -2.15. The standard InChI is InChI=1S/C33H27F5N4O6S/c1-5-8-20(17(2)46-3)27(43)16-41-29(44)23-13-19(14-33(36,37)38)49-30(23)42(32(41)45)15-24-25(34)11-18(12-26(24)35)21-9-6-7-10-22(21)28-39-31(47-4)48-40-28/h5-13H,14-16H2,1-4H3/b8-5-,20-17-. The number of carbonyl (C=O) groups is 1. The number of allylic oxidation sites excluding steroid dienone is 4. The molecule has 0 atom stereocenters. The minimum Gasteiger partial charge on any atom is -0.501 e. The summed E-state index contributed by atoms with van der Waals surface area (Å²) in [5.74, 6) is -2.63. The Morgan fingerprint density at radius 2 is 1.71 bits per heavy atom. The van der Waals surface area contributed by atoms with Gasteiger partial charge in [0.1, 0.15) is 22.2 Å². The number of hydrogen-bond acceptors (Lipinski definition) is 9. The first-order valence-electron chi connectivity index (χ1n) is 14.4. The molecule has 2 aromatic carbocycles. The van der Waals surface area contributed by atoms with Crippen LogP contribution in [0.5, 0.6) is 6.08 Å². The quantitative estimate of drug-likeness (QED) is 0.0668. The summed E-state index contributed by atoms with van der Waals surface area (Å²) in [7, 11) is 2.64. The summed E-state index contributed by atoms with van der Waals surface area (Å²) in [5.41, 5.74) is -1.99. The first-order valence-corrected chi connectivity index (χ1v) is 15.3. The molecule has 3 aromatic heterocycles. The van der Waals surface area contributed by atoms with E-state index in [0.29, 0.717) is 27.0 Å². The molecule has 0 aliphatic heterocycles. The van der Waals surface area contributed by atoms with Crippen molar-refractivity contribution in [3.63, 3.8) is 0 Å². The largest absolute Gasteiger partial charge is 0.501 e. The van der Waals surface area contributed by atoms with Gasteiger partial charge in [-0.25, -0.2) is 13.6 Å². The number of halogens is 5. The monoisotopic (exact) mass is 702 g/mol. The van der Waals surface area contributed by atoms with E-state index in [0.717, 1.165) is 22.8 Å². The highest BCUT2D eigenvalue weighted by Gasteiger charge is 2.30. The molecule has 0 aliphatic carbocycles. The Kier molecular flexibility index (Phi) is 9.98. The molecule has 5 rings (SSSR count). The van der Waals surface area contributed by atoms with Gasteiger partial charge in [0.25, 0.3) is 5.56 Å². The Hall–Kier alpha value is -5.38. The van der Waals surface area contributed by atoms with E-state index in [9.17, 15) is 27.6 Å². The predicted molar refractivity (Wildman–Crippen MR) is 170 cm³/mol. The van der Waals surface area contributed by atoms with E-state index in [1.807, 2.05) is 0 Å². The number of ether oxygens (including phenoxy) is 2. The Balaban J connectivity index is 1.64. The molecule has 0 saturated carbocycles. The number of hydrogen-bond donors (Lipinski definition) is 0. The van der Waals surface area contributed by atoms with Gasteiger partial charge in [0.2, 0.25) is 5.82 Å². The van der Waals surface area contributed by atoms with Crippen molar-refractivity contribution in [1.29, 1.82) is 0 Å². The fraction of sp³-hybridized carbons (Fsp3) is 0.242. The highest BCUT2D eigenvalue weighted by atomic mass is 32.1. The zero-order valence-electron chi connectivity index (χ0n) is 26.4. The summed E-state index contributed by atoms with van der Waals surface area (Å²) in [6, 6.07) is 9.45. The third kappa shape index (κ3) is 7.23. The van der Waals surface area contributed by atoms with E-state index in [1.165, 1.54) is 33.3 Å². The van der Waals surface area contributed by atoms with Crippen LogP contribution in [0.3, 0.4) is 0 Å². The highest BCUT2D eigenvalue weighted by molar-refractivity contribution is 7.18. The van der Waals surface area contributed by atoms with Crippen LogP contribution in [-0.4, -0.2) is 45.5 Å².